The molecular formula is C16H28IN3O2S. The largest absolute Gasteiger partial charge is 0.497 e. The number of thioether (sulfide) groups is 1. The van der Waals surface area contributed by atoms with Gasteiger partial charge in [-0.2, -0.15) is 11.8 Å². The monoisotopic (exact) mass is 453 g/mol. The molecule has 0 heterocycles. The molecule has 0 aromatic heterocycles. The summed E-state index contributed by atoms with van der Waals surface area (Å²) in [6, 6.07) is 7.64. The molecule has 23 heavy (non-hydrogen) atoms. The number of guanidine groups is 1. The van der Waals surface area contributed by atoms with Gasteiger partial charge in [-0.05, 0) is 25.3 Å². The van der Waals surface area contributed by atoms with Crippen LogP contribution in [0.1, 0.15) is 13.3 Å². The topological polar surface area (TPSA) is 54.9 Å². The fourth-order valence-corrected chi connectivity index (χ4v) is 2.06. The Kier molecular flexibility index (Phi) is 14.2. The van der Waals surface area contributed by atoms with Crippen LogP contribution in [0, 0.1) is 0 Å². The van der Waals surface area contributed by atoms with Crippen molar-refractivity contribution in [3.05, 3.63) is 24.3 Å². The summed E-state index contributed by atoms with van der Waals surface area (Å²) in [6.07, 6.45) is 2.97. The van der Waals surface area contributed by atoms with Crippen LogP contribution in [-0.4, -0.2) is 51.3 Å². The van der Waals surface area contributed by atoms with Gasteiger partial charge >= 0.3 is 0 Å². The van der Waals surface area contributed by atoms with Crippen molar-refractivity contribution in [3.63, 3.8) is 0 Å². The third-order valence-corrected chi connectivity index (χ3v) is 3.44. The number of rotatable bonds is 10. The van der Waals surface area contributed by atoms with Crippen molar-refractivity contribution in [1.82, 2.24) is 10.6 Å². The standard InChI is InChI=1S/C16H27N3O2S.HI/c1-4-17-16(19-10-12-22-3)18-9-6-11-21-15-8-5-7-14(13-15)20-2;/h5,7-8,13H,4,6,9-12H2,1-3H3,(H2,17,18,19);1H. The normalized spacial score (nSPS) is 10.7. The summed E-state index contributed by atoms with van der Waals surface area (Å²) < 4.78 is 10.9. The summed E-state index contributed by atoms with van der Waals surface area (Å²) in [5, 5.41) is 6.54. The van der Waals surface area contributed by atoms with Gasteiger partial charge in [0.1, 0.15) is 11.5 Å². The smallest absolute Gasteiger partial charge is 0.191 e. The van der Waals surface area contributed by atoms with Crippen LogP contribution in [0.3, 0.4) is 0 Å². The minimum atomic E-state index is 0. The predicted octanol–water partition coefficient (Wildman–Crippen LogP) is 3.00. The van der Waals surface area contributed by atoms with Crippen LogP contribution in [0.15, 0.2) is 29.3 Å². The third kappa shape index (κ3) is 10.5. The van der Waals surface area contributed by atoms with Crippen LogP contribution in [0.2, 0.25) is 0 Å². The molecule has 0 aliphatic carbocycles. The zero-order valence-corrected chi connectivity index (χ0v) is 17.3. The molecule has 7 heteroatoms. The minimum absolute atomic E-state index is 0. The maximum Gasteiger partial charge on any atom is 0.191 e. The van der Waals surface area contributed by atoms with E-state index in [1.54, 1.807) is 7.11 Å². The maximum absolute atomic E-state index is 5.70. The molecule has 1 rings (SSSR count). The van der Waals surface area contributed by atoms with Gasteiger partial charge in [-0.3, -0.25) is 4.99 Å². The van der Waals surface area contributed by atoms with E-state index < -0.39 is 0 Å². The summed E-state index contributed by atoms with van der Waals surface area (Å²) in [5.41, 5.74) is 0. The Hall–Kier alpha value is -0.830. The van der Waals surface area contributed by atoms with E-state index in [0.717, 1.165) is 49.3 Å². The van der Waals surface area contributed by atoms with E-state index >= 15 is 0 Å². The molecule has 5 nitrogen and oxygen atoms in total. The van der Waals surface area contributed by atoms with Gasteiger partial charge in [-0.25, -0.2) is 0 Å². The van der Waals surface area contributed by atoms with Gasteiger partial charge < -0.3 is 20.1 Å². The number of halogens is 1. The summed E-state index contributed by atoms with van der Waals surface area (Å²) in [5.74, 6) is 3.58. The second kappa shape index (κ2) is 14.7. The molecule has 0 unspecified atom stereocenters. The van der Waals surface area contributed by atoms with Crippen LogP contribution in [0.4, 0.5) is 0 Å². The van der Waals surface area contributed by atoms with Gasteiger partial charge in [0, 0.05) is 37.9 Å². The Bertz CT molecular complexity index is 447. The molecule has 0 saturated heterocycles. The maximum atomic E-state index is 5.70. The second-order valence-corrected chi connectivity index (χ2v) is 5.55. The van der Waals surface area contributed by atoms with Crippen LogP contribution in [0.5, 0.6) is 11.5 Å². The molecule has 0 spiro atoms. The predicted molar refractivity (Wildman–Crippen MR) is 111 cm³/mol. The van der Waals surface area contributed by atoms with Crippen molar-refractivity contribution in [2.45, 2.75) is 13.3 Å². The molecule has 1 aromatic carbocycles. The second-order valence-electron chi connectivity index (χ2n) is 4.56. The molecule has 1 aromatic rings. The Balaban J connectivity index is 0.00000484. The van der Waals surface area contributed by atoms with Crippen LogP contribution < -0.4 is 20.1 Å². The van der Waals surface area contributed by atoms with E-state index in [2.05, 4.69) is 28.8 Å². The van der Waals surface area contributed by atoms with Crippen molar-refractivity contribution in [2.75, 3.05) is 45.4 Å². The number of hydrogen-bond donors (Lipinski definition) is 2. The summed E-state index contributed by atoms with van der Waals surface area (Å²) in [7, 11) is 1.65. The molecule has 132 valence electrons. The zero-order valence-electron chi connectivity index (χ0n) is 14.1. The van der Waals surface area contributed by atoms with E-state index in [1.807, 2.05) is 36.0 Å². The van der Waals surface area contributed by atoms with Crippen molar-refractivity contribution >= 4 is 41.7 Å². The highest BCUT2D eigenvalue weighted by atomic mass is 127. The average Bonchev–Trinajstić information content (AvgIpc) is 2.55. The quantitative estimate of drug-likeness (QED) is 0.247. The van der Waals surface area contributed by atoms with Crippen molar-refractivity contribution in [1.29, 1.82) is 0 Å². The molecule has 0 aliphatic heterocycles. The number of benzene rings is 1. The van der Waals surface area contributed by atoms with Crippen molar-refractivity contribution < 1.29 is 9.47 Å². The average molecular weight is 453 g/mol. The van der Waals surface area contributed by atoms with Crippen molar-refractivity contribution in [2.24, 2.45) is 4.99 Å². The molecule has 0 saturated carbocycles. The molecule has 0 bridgehead atoms. The molecule has 0 amide bonds. The number of methoxy groups -OCH3 is 1. The highest BCUT2D eigenvalue weighted by molar-refractivity contribution is 14.0. The van der Waals surface area contributed by atoms with E-state index in [-0.39, 0.29) is 24.0 Å². The fourth-order valence-electron chi connectivity index (χ4n) is 1.75. The van der Waals surface area contributed by atoms with Gasteiger partial charge in [0.2, 0.25) is 0 Å². The number of nitrogens with zero attached hydrogens (tertiary/aromatic N) is 1. The number of hydrogen-bond acceptors (Lipinski definition) is 4. The fraction of sp³-hybridized carbons (Fsp3) is 0.562. The van der Waals surface area contributed by atoms with Gasteiger partial charge in [-0.1, -0.05) is 6.07 Å². The van der Waals surface area contributed by atoms with Crippen LogP contribution in [0.25, 0.3) is 0 Å². The summed E-state index contributed by atoms with van der Waals surface area (Å²) in [6.45, 7) is 5.23. The van der Waals surface area contributed by atoms with E-state index in [9.17, 15) is 0 Å². The number of aliphatic imine (C=N–C) groups is 1. The Morgan fingerprint density at radius 3 is 2.74 bits per heavy atom. The first kappa shape index (κ1) is 22.2. The highest BCUT2D eigenvalue weighted by Gasteiger charge is 1.98. The lowest BCUT2D eigenvalue weighted by Gasteiger charge is -2.11. The van der Waals surface area contributed by atoms with Crippen LogP contribution >= 0.6 is 35.7 Å². The Morgan fingerprint density at radius 1 is 1.26 bits per heavy atom. The molecule has 2 N–H and O–H groups in total. The zero-order chi connectivity index (χ0) is 16.0. The van der Waals surface area contributed by atoms with Gasteiger partial charge in [-0.15, -0.1) is 24.0 Å². The van der Waals surface area contributed by atoms with E-state index in [4.69, 9.17) is 9.47 Å². The Morgan fingerprint density at radius 2 is 2.04 bits per heavy atom. The minimum Gasteiger partial charge on any atom is -0.497 e. The third-order valence-electron chi connectivity index (χ3n) is 2.83. The Labute approximate surface area is 161 Å². The number of nitrogens with one attached hydrogen (secondary N) is 2. The summed E-state index contributed by atoms with van der Waals surface area (Å²) >= 11 is 1.82. The molecular weight excluding hydrogens is 425 g/mol. The molecule has 0 fully saturated rings. The first-order chi connectivity index (χ1) is 10.8. The molecule has 0 radical (unpaired) electrons. The lowest BCUT2D eigenvalue weighted by Crippen LogP contribution is -2.38. The lowest BCUT2D eigenvalue weighted by molar-refractivity contribution is 0.311. The summed E-state index contributed by atoms with van der Waals surface area (Å²) in [4.78, 5) is 4.53. The van der Waals surface area contributed by atoms with Gasteiger partial charge in [0.15, 0.2) is 5.96 Å². The van der Waals surface area contributed by atoms with Crippen molar-refractivity contribution in [3.8, 4) is 11.5 Å². The SMILES string of the molecule is CCNC(=NCCCOc1cccc(OC)c1)NCCSC.I. The van der Waals surface area contributed by atoms with Crippen LogP contribution in [-0.2, 0) is 0 Å². The van der Waals surface area contributed by atoms with E-state index in [0.29, 0.717) is 6.61 Å². The first-order valence-corrected chi connectivity index (χ1v) is 8.97. The highest BCUT2D eigenvalue weighted by Crippen LogP contribution is 2.18. The van der Waals surface area contributed by atoms with Gasteiger partial charge in [0.25, 0.3) is 0 Å². The van der Waals surface area contributed by atoms with Gasteiger partial charge in [0.05, 0.1) is 13.7 Å². The first-order valence-electron chi connectivity index (χ1n) is 7.58. The number of ether oxygens (including phenoxy) is 2. The molecule has 0 atom stereocenters. The van der Waals surface area contributed by atoms with E-state index in [1.165, 1.54) is 0 Å². The molecule has 0 aliphatic rings. The lowest BCUT2D eigenvalue weighted by atomic mass is 10.3.